The van der Waals surface area contributed by atoms with Gasteiger partial charge in [-0.15, -0.1) is 0 Å². The third kappa shape index (κ3) is 2.22. The second kappa shape index (κ2) is 5.01. The SMILES string of the molecule is COC1O[C@H](CCN)[C@@H](O)[C@H](O)[C@@H]1O. The molecule has 1 aliphatic rings. The topological polar surface area (TPSA) is 105 Å². The third-order valence-corrected chi connectivity index (χ3v) is 2.35. The molecule has 0 aromatic heterocycles. The van der Waals surface area contributed by atoms with Crippen molar-refractivity contribution in [1.82, 2.24) is 0 Å². The van der Waals surface area contributed by atoms with Gasteiger partial charge in [-0.25, -0.2) is 0 Å². The maximum atomic E-state index is 9.51. The van der Waals surface area contributed by atoms with Crippen molar-refractivity contribution in [1.29, 1.82) is 0 Å². The van der Waals surface area contributed by atoms with Crippen LogP contribution in [-0.2, 0) is 9.47 Å². The Labute approximate surface area is 82.2 Å². The minimum absolute atomic E-state index is 0.334. The maximum absolute atomic E-state index is 9.51. The molecule has 5 atom stereocenters. The van der Waals surface area contributed by atoms with Gasteiger partial charge in [-0.1, -0.05) is 0 Å². The first-order valence-corrected chi connectivity index (χ1v) is 4.54. The lowest BCUT2D eigenvalue weighted by Crippen LogP contribution is -2.58. The molecule has 0 spiro atoms. The molecule has 1 saturated heterocycles. The molecule has 84 valence electrons. The highest BCUT2D eigenvalue weighted by Crippen LogP contribution is 2.22. The van der Waals surface area contributed by atoms with E-state index in [-0.39, 0.29) is 0 Å². The van der Waals surface area contributed by atoms with Crippen molar-refractivity contribution >= 4 is 0 Å². The van der Waals surface area contributed by atoms with Gasteiger partial charge >= 0.3 is 0 Å². The zero-order valence-corrected chi connectivity index (χ0v) is 8.04. The van der Waals surface area contributed by atoms with Crippen molar-refractivity contribution in [2.75, 3.05) is 13.7 Å². The fourth-order valence-corrected chi connectivity index (χ4v) is 1.51. The predicted molar refractivity (Wildman–Crippen MR) is 47.4 cm³/mol. The molecular formula is C8H17NO5. The summed E-state index contributed by atoms with van der Waals surface area (Å²) in [6.45, 7) is 0.334. The quantitative estimate of drug-likeness (QED) is 0.418. The molecule has 1 rings (SSSR count). The van der Waals surface area contributed by atoms with Gasteiger partial charge in [-0.05, 0) is 13.0 Å². The number of hydrogen-bond acceptors (Lipinski definition) is 6. The summed E-state index contributed by atoms with van der Waals surface area (Å²) < 4.78 is 10.0. The molecule has 1 heterocycles. The minimum atomic E-state index is -1.26. The summed E-state index contributed by atoms with van der Waals surface area (Å²) in [5.41, 5.74) is 5.31. The van der Waals surface area contributed by atoms with Crippen LogP contribution in [-0.4, -0.2) is 59.7 Å². The van der Waals surface area contributed by atoms with Crippen molar-refractivity contribution in [3.63, 3.8) is 0 Å². The van der Waals surface area contributed by atoms with Crippen LogP contribution in [0.2, 0.25) is 0 Å². The minimum Gasteiger partial charge on any atom is -0.388 e. The van der Waals surface area contributed by atoms with Gasteiger partial charge in [0.25, 0.3) is 0 Å². The Kier molecular flexibility index (Phi) is 4.24. The molecule has 0 amide bonds. The van der Waals surface area contributed by atoms with Crippen molar-refractivity contribution in [2.24, 2.45) is 5.73 Å². The molecule has 0 aliphatic carbocycles. The summed E-state index contributed by atoms with van der Waals surface area (Å²) in [7, 11) is 1.36. The van der Waals surface area contributed by atoms with E-state index < -0.39 is 30.7 Å². The van der Waals surface area contributed by atoms with Gasteiger partial charge in [0.15, 0.2) is 6.29 Å². The van der Waals surface area contributed by atoms with Gasteiger partial charge in [0.1, 0.15) is 18.3 Å². The summed E-state index contributed by atoms with van der Waals surface area (Å²) in [6.07, 6.45) is -4.72. The molecular weight excluding hydrogens is 190 g/mol. The molecule has 0 aromatic rings. The van der Waals surface area contributed by atoms with Gasteiger partial charge in [0, 0.05) is 7.11 Å². The lowest BCUT2D eigenvalue weighted by atomic mass is 9.97. The third-order valence-electron chi connectivity index (χ3n) is 2.35. The smallest absolute Gasteiger partial charge is 0.186 e. The number of nitrogens with two attached hydrogens (primary N) is 1. The molecule has 1 aliphatic heterocycles. The van der Waals surface area contributed by atoms with Crippen LogP contribution in [0.25, 0.3) is 0 Å². The Hall–Kier alpha value is -0.240. The Morgan fingerprint density at radius 2 is 1.86 bits per heavy atom. The summed E-state index contributed by atoms with van der Waals surface area (Å²) in [4.78, 5) is 0. The molecule has 0 saturated carbocycles. The highest BCUT2D eigenvalue weighted by molar-refractivity contribution is 4.88. The molecule has 0 radical (unpaired) electrons. The van der Waals surface area contributed by atoms with E-state index in [0.29, 0.717) is 13.0 Å². The number of rotatable bonds is 3. The highest BCUT2D eigenvalue weighted by Gasteiger charge is 2.43. The molecule has 6 nitrogen and oxygen atoms in total. The standard InChI is InChI=1S/C8H17NO5/c1-13-8-7(12)6(11)5(10)4(14-8)2-3-9/h4-8,10-12H,2-3,9H2,1H3/t4-,5-,6+,7+,8?/m1/s1. The van der Waals surface area contributed by atoms with E-state index >= 15 is 0 Å². The largest absolute Gasteiger partial charge is 0.388 e. The molecule has 1 fully saturated rings. The highest BCUT2D eigenvalue weighted by atomic mass is 16.7. The Balaban J connectivity index is 2.63. The maximum Gasteiger partial charge on any atom is 0.186 e. The second-order valence-electron chi connectivity index (χ2n) is 3.33. The lowest BCUT2D eigenvalue weighted by molar-refractivity contribution is -0.290. The number of aliphatic hydroxyl groups is 3. The van der Waals surface area contributed by atoms with Gasteiger partial charge in [0.05, 0.1) is 6.10 Å². The number of hydrogen-bond donors (Lipinski definition) is 4. The fourth-order valence-electron chi connectivity index (χ4n) is 1.51. The van der Waals surface area contributed by atoms with Gasteiger partial charge in [0.2, 0.25) is 0 Å². The number of aliphatic hydroxyl groups excluding tert-OH is 3. The summed E-state index contributed by atoms with van der Waals surface area (Å²) in [5.74, 6) is 0. The average Bonchev–Trinajstić information content (AvgIpc) is 2.19. The van der Waals surface area contributed by atoms with Crippen molar-refractivity contribution < 1.29 is 24.8 Å². The summed E-state index contributed by atoms with van der Waals surface area (Å²) >= 11 is 0. The fraction of sp³-hybridized carbons (Fsp3) is 1.00. The molecule has 6 heteroatoms. The van der Waals surface area contributed by atoms with Crippen LogP contribution in [0.1, 0.15) is 6.42 Å². The van der Waals surface area contributed by atoms with Crippen LogP contribution in [0.15, 0.2) is 0 Å². The van der Waals surface area contributed by atoms with Crippen LogP contribution in [0.5, 0.6) is 0 Å². The van der Waals surface area contributed by atoms with E-state index in [9.17, 15) is 15.3 Å². The monoisotopic (exact) mass is 207 g/mol. The van der Waals surface area contributed by atoms with E-state index in [2.05, 4.69) is 0 Å². The lowest BCUT2D eigenvalue weighted by Gasteiger charge is -2.39. The normalized spacial score (nSPS) is 43.9. The summed E-state index contributed by atoms with van der Waals surface area (Å²) in [6, 6.07) is 0. The number of ether oxygens (including phenoxy) is 2. The number of methoxy groups -OCH3 is 1. The van der Waals surface area contributed by atoms with Crippen molar-refractivity contribution in [3.05, 3.63) is 0 Å². The van der Waals surface area contributed by atoms with Crippen LogP contribution >= 0.6 is 0 Å². The summed E-state index contributed by atoms with van der Waals surface area (Å²) in [5, 5.41) is 28.4. The molecule has 0 aromatic carbocycles. The molecule has 0 bridgehead atoms. The van der Waals surface area contributed by atoms with Crippen LogP contribution in [0, 0.1) is 0 Å². The van der Waals surface area contributed by atoms with Gasteiger partial charge < -0.3 is 30.5 Å². The zero-order valence-electron chi connectivity index (χ0n) is 8.04. The molecule has 1 unspecified atom stereocenters. The molecule has 5 N–H and O–H groups in total. The van der Waals surface area contributed by atoms with Crippen molar-refractivity contribution in [2.45, 2.75) is 37.1 Å². The van der Waals surface area contributed by atoms with E-state index in [1.54, 1.807) is 0 Å². The first-order valence-electron chi connectivity index (χ1n) is 4.54. The first kappa shape index (κ1) is 11.8. The van der Waals surface area contributed by atoms with Gasteiger partial charge in [-0.3, -0.25) is 0 Å². The van der Waals surface area contributed by atoms with E-state index in [4.69, 9.17) is 15.2 Å². The van der Waals surface area contributed by atoms with E-state index in [0.717, 1.165) is 0 Å². The van der Waals surface area contributed by atoms with Crippen LogP contribution in [0.4, 0.5) is 0 Å². The Morgan fingerprint density at radius 1 is 1.21 bits per heavy atom. The van der Waals surface area contributed by atoms with E-state index in [1.807, 2.05) is 0 Å². The van der Waals surface area contributed by atoms with Gasteiger partial charge in [-0.2, -0.15) is 0 Å². The second-order valence-corrected chi connectivity index (χ2v) is 3.33. The van der Waals surface area contributed by atoms with Crippen molar-refractivity contribution in [3.8, 4) is 0 Å². The van der Waals surface area contributed by atoms with Crippen LogP contribution < -0.4 is 5.73 Å². The first-order chi connectivity index (χ1) is 6.61. The zero-order chi connectivity index (χ0) is 10.7. The van der Waals surface area contributed by atoms with E-state index in [1.165, 1.54) is 7.11 Å². The Bertz CT molecular complexity index is 175. The molecule has 14 heavy (non-hydrogen) atoms. The van der Waals surface area contributed by atoms with Crippen LogP contribution in [0.3, 0.4) is 0 Å². The average molecular weight is 207 g/mol. The Morgan fingerprint density at radius 3 is 2.36 bits per heavy atom. The predicted octanol–water partition coefficient (Wildman–Crippen LogP) is -2.21.